The standard InChI is InChI=1S/C11H14N2O/c12-8-4-9-3-7-1-2-10(14)5-11(7)13(9)6-8/h1-2,5,8-9,14H,3-4,6,12H2. The number of nitrogens with zero attached hydrogens (tertiary/aromatic N) is 1. The summed E-state index contributed by atoms with van der Waals surface area (Å²) < 4.78 is 0. The molecule has 1 aromatic carbocycles. The van der Waals surface area contributed by atoms with Gasteiger partial charge in [-0.1, -0.05) is 6.07 Å². The average Bonchev–Trinajstić information content (AvgIpc) is 2.62. The van der Waals surface area contributed by atoms with E-state index in [0.717, 1.165) is 19.4 Å². The molecule has 3 heteroatoms. The van der Waals surface area contributed by atoms with Crippen LogP contribution in [-0.4, -0.2) is 23.7 Å². The lowest BCUT2D eigenvalue weighted by molar-refractivity contribution is 0.475. The number of phenolic OH excluding ortho intramolecular Hbond substituents is 1. The summed E-state index contributed by atoms with van der Waals surface area (Å²) in [5.41, 5.74) is 8.45. The minimum Gasteiger partial charge on any atom is -0.508 e. The van der Waals surface area contributed by atoms with Gasteiger partial charge in [-0.2, -0.15) is 0 Å². The summed E-state index contributed by atoms with van der Waals surface area (Å²) in [5, 5.41) is 9.42. The van der Waals surface area contributed by atoms with E-state index >= 15 is 0 Å². The second kappa shape index (κ2) is 2.64. The zero-order valence-electron chi connectivity index (χ0n) is 7.98. The van der Waals surface area contributed by atoms with Crippen LogP contribution in [0.25, 0.3) is 0 Å². The third-order valence-corrected chi connectivity index (χ3v) is 3.28. The molecule has 1 aromatic rings. The molecule has 0 aromatic heterocycles. The lowest BCUT2D eigenvalue weighted by Crippen LogP contribution is -2.27. The van der Waals surface area contributed by atoms with Crippen LogP contribution in [0.3, 0.4) is 0 Å². The molecule has 0 spiro atoms. The molecule has 0 aliphatic carbocycles. The molecular weight excluding hydrogens is 176 g/mol. The summed E-state index contributed by atoms with van der Waals surface area (Å²) in [5.74, 6) is 0.352. The predicted molar refractivity (Wildman–Crippen MR) is 55.5 cm³/mol. The summed E-state index contributed by atoms with van der Waals surface area (Å²) >= 11 is 0. The van der Waals surface area contributed by atoms with E-state index in [1.807, 2.05) is 12.1 Å². The normalized spacial score (nSPS) is 29.1. The van der Waals surface area contributed by atoms with Gasteiger partial charge in [0.25, 0.3) is 0 Å². The van der Waals surface area contributed by atoms with Gasteiger partial charge in [0, 0.05) is 30.4 Å². The van der Waals surface area contributed by atoms with Crippen LogP contribution >= 0.6 is 0 Å². The van der Waals surface area contributed by atoms with Crippen molar-refractivity contribution in [2.45, 2.75) is 24.9 Å². The Balaban J connectivity index is 2.03. The molecule has 1 saturated heterocycles. The first kappa shape index (κ1) is 8.12. The van der Waals surface area contributed by atoms with Gasteiger partial charge >= 0.3 is 0 Å². The maximum atomic E-state index is 9.42. The Hall–Kier alpha value is -1.22. The number of benzene rings is 1. The molecular formula is C11H14N2O. The molecule has 0 bridgehead atoms. The van der Waals surface area contributed by atoms with Gasteiger partial charge in [-0.15, -0.1) is 0 Å². The van der Waals surface area contributed by atoms with E-state index in [4.69, 9.17) is 5.73 Å². The van der Waals surface area contributed by atoms with Gasteiger partial charge in [0.1, 0.15) is 5.75 Å². The molecule has 3 nitrogen and oxygen atoms in total. The van der Waals surface area contributed by atoms with Crippen LogP contribution in [0.5, 0.6) is 5.75 Å². The Morgan fingerprint density at radius 1 is 1.43 bits per heavy atom. The minimum absolute atomic E-state index is 0.301. The van der Waals surface area contributed by atoms with Crippen molar-refractivity contribution in [2.75, 3.05) is 11.4 Å². The molecule has 0 amide bonds. The average molecular weight is 190 g/mol. The number of nitrogens with two attached hydrogens (primary N) is 1. The summed E-state index contributed by atoms with van der Waals surface area (Å²) in [6.45, 7) is 0.932. The highest BCUT2D eigenvalue weighted by molar-refractivity contribution is 5.63. The second-order valence-electron chi connectivity index (χ2n) is 4.32. The molecule has 0 radical (unpaired) electrons. The molecule has 14 heavy (non-hydrogen) atoms. The highest BCUT2D eigenvalue weighted by Crippen LogP contribution is 2.39. The van der Waals surface area contributed by atoms with Crippen molar-refractivity contribution >= 4 is 5.69 Å². The van der Waals surface area contributed by atoms with Gasteiger partial charge in [0.05, 0.1) is 0 Å². The maximum absolute atomic E-state index is 9.42. The van der Waals surface area contributed by atoms with E-state index in [1.54, 1.807) is 6.07 Å². The first-order valence-electron chi connectivity index (χ1n) is 5.08. The van der Waals surface area contributed by atoms with Gasteiger partial charge in [0.2, 0.25) is 0 Å². The maximum Gasteiger partial charge on any atom is 0.117 e. The second-order valence-corrected chi connectivity index (χ2v) is 4.32. The van der Waals surface area contributed by atoms with Crippen LogP contribution in [0.15, 0.2) is 18.2 Å². The first-order valence-corrected chi connectivity index (χ1v) is 5.08. The van der Waals surface area contributed by atoms with Crippen LogP contribution in [0.4, 0.5) is 5.69 Å². The number of hydrogen-bond donors (Lipinski definition) is 2. The Labute approximate surface area is 83.1 Å². The molecule has 2 unspecified atom stereocenters. The fourth-order valence-corrected chi connectivity index (χ4v) is 2.69. The van der Waals surface area contributed by atoms with Crippen molar-refractivity contribution in [3.05, 3.63) is 23.8 Å². The zero-order valence-corrected chi connectivity index (χ0v) is 7.98. The molecule has 2 atom stereocenters. The number of aromatic hydroxyl groups is 1. The first-order chi connectivity index (χ1) is 6.74. The van der Waals surface area contributed by atoms with Crippen molar-refractivity contribution in [1.29, 1.82) is 0 Å². The molecule has 2 aliphatic rings. The third kappa shape index (κ3) is 1.02. The van der Waals surface area contributed by atoms with Gasteiger partial charge in [-0.3, -0.25) is 0 Å². The summed E-state index contributed by atoms with van der Waals surface area (Å²) in [6.07, 6.45) is 2.17. The fourth-order valence-electron chi connectivity index (χ4n) is 2.69. The lowest BCUT2D eigenvalue weighted by Gasteiger charge is -2.18. The van der Waals surface area contributed by atoms with Crippen LogP contribution in [-0.2, 0) is 6.42 Å². The van der Waals surface area contributed by atoms with Gasteiger partial charge in [-0.25, -0.2) is 0 Å². The highest BCUT2D eigenvalue weighted by Gasteiger charge is 2.36. The molecule has 0 saturated carbocycles. The Bertz CT molecular complexity index is 378. The molecule has 3 N–H and O–H groups in total. The summed E-state index contributed by atoms with van der Waals surface area (Å²) in [4.78, 5) is 2.33. The van der Waals surface area contributed by atoms with E-state index in [1.165, 1.54) is 11.3 Å². The molecule has 2 heterocycles. The van der Waals surface area contributed by atoms with Gasteiger partial charge in [-0.05, 0) is 24.5 Å². The van der Waals surface area contributed by atoms with E-state index in [0.29, 0.717) is 17.8 Å². The Morgan fingerprint density at radius 3 is 3.14 bits per heavy atom. The van der Waals surface area contributed by atoms with E-state index < -0.39 is 0 Å². The Morgan fingerprint density at radius 2 is 2.29 bits per heavy atom. The van der Waals surface area contributed by atoms with Crippen molar-refractivity contribution in [2.24, 2.45) is 5.73 Å². The van der Waals surface area contributed by atoms with E-state index in [2.05, 4.69) is 4.90 Å². The Kier molecular flexibility index (Phi) is 1.53. The lowest BCUT2D eigenvalue weighted by atomic mass is 10.1. The van der Waals surface area contributed by atoms with Crippen molar-refractivity contribution in [3.63, 3.8) is 0 Å². The largest absolute Gasteiger partial charge is 0.508 e. The predicted octanol–water partition coefficient (Wildman–Crippen LogP) is 0.854. The fraction of sp³-hybridized carbons (Fsp3) is 0.455. The third-order valence-electron chi connectivity index (χ3n) is 3.28. The topological polar surface area (TPSA) is 49.5 Å². The molecule has 2 aliphatic heterocycles. The summed E-state index contributed by atoms with van der Waals surface area (Å²) in [6, 6.07) is 6.51. The van der Waals surface area contributed by atoms with Crippen molar-refractivity contribution in [1.82, 2.24) is 0 Å². The quantitative estimate of drug-likeness (QED) is 0.637. The number of fused-ring (bicyclic) bond motifs is 3. The highest BCUT2D eigenvalue weighted by atomic mass is 16.3. The van der Waals surface area contributed by atoms with Crippen LogP contribution < -0.4 is 10.6 Å². The summed E-state index contributed by atoms with van der Waals surface area (Å²) in [7, 11) is 0. The number of hydrogen-bond acceptors (Lipinski definition) is 3. The van der Waals surface area contributed by atoms with Crippen molar-refractivity contribution < 1.29 is 5.11 Å². The van der Waals surface area contributed by atoms with E-state index in [9.17, 15) is 5.11 Å². The van der Waals surface area contributed by atoms with Gasteiger partial charge in [0.15, 0.2) is 0 Å². The molecule has 3 rings (SSSR count). The SMILES string of the molecule is NC1CC2Cc3ccc(O)cc3N2C1. The van der Waals surface area contributed by atoms with Crippen LogP contribution in [0.2, 0.25) is 0 Å². The van der Waals surface area contributed by atoms with Gasteiger partial charge < -0.3 is 15.7 Å². The van der Waals surface area contributed by atoms with Crippen LogP contribution in [0, 0.1) is 0 Å². The van der Waals surface area contributed by atoms with E-state index in [-0.39, 0.29) is 0 Å². The van der Waals surface area contributed by atoms with Crippen LogP contribution in [0.1, 0.15) is 12.0 Å². The monoisotopic (exact) mass is 190 g/mol. The number of rotatable bonds is 0. The molecule has 74 valence electrons. The number of phenols is 1. The molecule has 1 fully saturated rings. The minimum atomic E-state index is 0.301. The number of anilines is 1. The zero-order chi connectivity index (χ0) is 9.71. The smallest absolute Gasteiger partial charge is 0.117 e. The van der Waals surface area contributed by atoms with Crippen molar-refractivity contribution in [3.8, 4) is 5.75 Å².